The third-order valence-electron chi connectivity index (χ3n) is 5.49. The van der Waals surface area contributed by atoms with Crippen molar-refractivity contribution in [1.29, 1.82) is 0 Å². The largest absolute Gasteiger partial charge is 0.360 e. The molecular weight excluding hydrogens is 352 g/mol. The van der Waals surface area contributed by atoms with Gasteiger partial charge in [-0.15, -0.1) is 0 Å². The number of carbonyl (C=O) groups excluding carboxylic acids is 1. The minimum absolute atomic E-state index is 0.0807. The van der Waals surface area contributed by atoms with Gasteiger partial charge in [-0.1, -0.05) is 48.8 Å². The molecule has 1 aromatic heterocycles. The Morgan fingerprint density at radius 1 is 1.21 bits per heavy atom. The normalized spacial score (nSPS) is 18.0. The van der Waals surface area contributed by atoms with E-state index in [1.54, 1.807) is 0 Å². The van der Waals surface area contributed by atoms with Gasteiger partial charge in [0.05, 0.1) is 24.3 Å². The number of hydrogen-bond donors (Lipinski definition) is 1. The number of amides is 1. The summed E-state index contributed by atoms with van der Waals surface area (Å²) < 4.78 is 5.32. The van der Waals surface area contributed by atoms with Crippen molar-refractivity contribution < 1.29 is 9.32 Å². The summed E-state index contributed by atoms with van der Waals surface area (Å²) in [5.74, 6) is 1.02. The number of carbonyl (C=O) groups is 1. The minimum Gasteiger partial charge on any atom is -0.360 e. The molecule has 2 aromatic rings. The Labute approximate surface area is 167 Å². The number of nitrogens with zero attached hydrogens (tertiary/aromatic N) is 3. The van der Waals surface area contributed by atoms with Gasteiger partial charge in [0.1, 0.15) is 0 Å². The summed E-state index contributed by atoms with van der Waals surface area (Å²) in [6, 6.07) is 12.2. The highest BCUT2D eigenvalue weighted by Gasteiger charge is 2.27. The maximum atomic E-state index is 12.9. The second-order valence-electron chi connectivity index (χ2n) is 7.68. The summed E-state index contributed by atoms with van der Waals surface area (Å²) in [7, 11) is 0. The van der Waals surface area contributed by atoms with Crippen LogP contribution >= 0.6 is 0 Å². The molecule has 1 amide bonds. The molecule has 0 bridgehead atoms. The Hall–Kier alpha value is -2.18. The lowest BCUT2D eigenvalue weighted by Gasteiger charge is -2.37. The average Bonchev–Trinajstić information content (AvgIpc) is 3.13. The fourth-order valence-electron chi connectivity index (χ4n) is 3.77. The molecule has 6 heteroatoms. The molecule has 0 saturated carbocycles. The monoisotopic (exact) mass is 384 g/mol. The number of nitrogens with one attached hydrogen (secondary N) is 1. The molecule has 2 atom stereocenters. The van der Waals surface area contributed by atoms with Crippen LogP contribution in [0.5, 0.6) is 0 Å². The van der Waals surface area contributed by atoms with E-state index in [1.807, 2.05) is 38.1 Å². The van der Waals surface area contributed by atoms with Crippen molar-refractivity contribution in [2.75, 3.05) is 26.2 Å². The van der Waals surface area contributed by atoms with Crippen LogP contribution in [0.4, 0.5) is 0 Å². The van der Waals surface area contributed by atoms with Crippen LogP contribution < -0.4 is 5.32 Å². The van der Waals surface area contributed by atoms with E-state index in [4.69, 9.17) is 4.52 Å². The number of piperazine rings is 1. The highest BCUT2D eigenvalue weighted by atomic mass is 16.5. The van der Waals surface area contributed by atoms with E-state index in [1.165, 1.54) is 5.56 Å². The van der Waals surface area contributed by atoms with Crippen LogP contribution in [0.1, 0.15) is 49.7 Å². The topological polar surface area (TPSA) is 61.6 Å². The lowest BCUT2D eigenvalue weighted by molar-refractivity contribution is -0.127. The number of benzene rings is 1. The molecule has 0 spiro atoms. The van der Waals surface area contributed by atoms with E-state index >= 15 is 0 Å². The molecule has 1 saturated heterocycles. The maximum absolute atomic E-state index is 12.9. The van der Waals surface area contributed by atoms with Gasteiger partial charge in [-0.2, -0.15) is 0 Å². The van der Waals surface area contributed by atoms with Crippen LogP contribution in [0.25, 0.3) is 0 Å². The average molecular weight is 385 g/mol. The molecule has 1 aromatic carbocycles. The fraction of sp³-hybridized carbons (Fsp3) is 0.545. The Balaban J connectivity index is 1.50. The first-order valence-electron chi connectivity index (χ1n) is 10.3. The predicted molar refractivity (Wildman–Crippen MR) is 110 cm³/mol. The van der Waals surface area contributed by atoms with Gasteiger partial charge in [0.25, 0.3) is 0 Å². The van der Waals surface area contributed by atoms with Gasteiger partial charge in [0.15, 0.2) is 5.76 Å². The fourth-order valence-corrected chi connectivity index (χ4v) is 3.77. The van der Waals surface area contributed by atoms with Gasteiger partial charge in [0, 0.05) is 32.2 Å². The van der Waals surface area contributed by atoms with Crippen molar-refractivity contribution in [2.24, 2.45) is 0 Å². The Morgan fingerprint density at radius 2 is 1.93 bits per heavy atom. The smallest absolute Gasteiger partial charge is 0.237 e. The molecule has 0 radical (unpaired) electrons. The molecule has 1 N–H and O–H groups in total. The lowest BCUT2D eigenvalue weighted by Crippen LogP contribution is -2.53. The summed E-state index contributed by atoms with van der Waals surface area (Å²) in [6.07, 6.45) is 1.99. The van der Waals surface area contributed by atoms with Crippen molar-refractivity contribution in [2.45, 2.75) is 52.2 Å². The first-order valence-corrected chi connectivity index (χ1v) is 10.3. The number of aryl methyl sites for hydroxylation is 1. The Morgan fingerprint density at radius 3 is 2.54 bits per heavy atom. The standard InChI is InChI=1S/C22H32N4O2/c1-4-8-21(19-9-6-5-7-10-19)23-22(27)18(3)26-13-11-25(12-14-26)16-20-15-17(2)24-28-20/h5-7,9-10,15,18,21H,4,8,11-14,16H2,1-3H3,(H,23,27)/t18-,21-/m1/s1. The molecule has 1 aliphatic heterocycles. The third-order valence-corrected chi connectivity index (χ3v) is 5.49. The zero-order valence-electron chi connectivity index (χ0n) is 17.2. The van der Waals surface area contributed by atoms with E-state index in [2.05, 4.69) is 39.3 Å². The predicted octanol–water partition coefficient (Wildman–Crippen LogP) is 3.15. The van der Waals surface area contributed by atoms with E-state index in [9.17, 15) is 4.79 Å². The van der Waals surface area contributed by atoms with Gasteiger partial charge in [-0.25, -0.2) is 0 Å². The summed E-state index contributed by atoms with van der Waals surface area (Å²) in [5.41, 5.74) is 2.09. The van der Waals surface area contributed by atoms with Crippen molar-refractivity contribution in [1.82, 2.24) is 20.3 Å². The molecule has 152 valence electrons. The molecule has 2 heterocycles. The number of rotatable bonds is 8. The van der Waals surface area contributed by atoms with Gasteiger partial charge in [0.2, 0.25) is 5.91 Å². The quantitative estimate of drug-likeness (QED) is 0.758. The summed E-state index contributed by atoms with van der Waals surface area (Å²) in [6.45, 7) is 10.5. The zero-order valence-corrected chi connectivity index (χ0v) is 17.2. The van der Waals surface area contributed by atoms with Crippen LogP contribution in [0.2, 0.25) is 0 Å². The first kappa shape index (κ1) is 20.6. The van der Waals surface area contributed by atoms with Crippen LogP contribution in [-0.4, -0.2) is 53.1 Å². The van der Waals surface area contributed by atoms with E-state index in [-0.39, 0.29) is 18.0 Å². The zero-order chi connectivity index (χ0) is 19.9. The van der Waals surface area contributed by atoms with Gasteiger partial charge < -0.3 is 9.84 Å². The highest BCUT2D eigenvalue weighted by molar-refractivity contribution is 5.81. The van der Waals surface area contributed by atoms with E-state index < -0.39 is 0 Å². The van der Waals surface area contributed by atoms with Crippen LogP contribution in [0, 0.1) is 6.92 Å². The number of hydrogen-bond acceptors (Lipinski definition) is 5. The molecular formula is C22H32N4O2. The van der Waals surface area contributed by atoms with Gasteiger partial charge in [-0.05, 0) is 25.8 Å². The van der Waals surface area contributed by atoms with Crippen molar-refractivity contribution in [3.63, 3.8) is 0 Å². The van der Waals surface area contributed by atoms with Crippen molar-refractivity contribution in [3.8, 4) is 0 Å². The van der Waals surface area contributed by atoms with Crippen LogP contribution in [0.3, 0.4) is 0 Å². The summed E-state index contributed by atoms with van der Waals surface area (Å²) in [4.78, 5) is 17.5. The van der Waals surface area contributed by atoms with Gasteiger partial charge in [-0.3, -0.25) is 14.6 Å². The Bertz CT molecular complexity index is 738. The molecule has 0 unspecified atom stereocenters. The molecule has 1 aliphatic rings. The second-order valence-corrected chi connectivity index (χ2v) is 7.68. The molecule has 1 fully saturated rings. The Kier molecular flexibility index (Phi) is 7.23. The molecule has 6 nitrogen and oxygen atoms in total. The lowest BCUT2D eigenvalue weighted by atomic mass is 10.0. The highest BCUT2D eigenvalue weighted by Crippen LogP contribution is 2.19. The third kappa shape index (κ3) is 5.42. The SMILES string of the molecule is CCC[C@@H](NC(=O)[C@@H](C)N1CCN(Cc2cc(C)no2)CC1)c1ccccc1. The maximum Gasteiger partial charge on any atom is 0.237 e. The number of aromatic nitrogens is 1. The van der Waals surface area contributed by atoms with E-state index in [0.717, 1.165) is 57.0 Å². The van der Waals surface area contributed by atoms with Gasteiger partial charge >= 0.3 is 0 Å². The molecule has 0 aliphatic carbocycles. The van der Waals surface area contributed by atoms with Crippen LogP contribution in [0.15, 0.2) is 40.9 Å². The van der Waals surface area contributed by atoms with Crippen molar-refractivity contribution >= 4 is 5.91 Å². The summed E-state index contributed by atoms with van der Waals surface area (Å²) in [5, 5.41) is 7.22. The summed E-state index contributed by atoms with van der Waals surface area (Å²) >= 11 is 0. The second kappa shape index (κ2) is 9.85. The molecule has 28 heavy (non-hydrogen) atoms. The van der Waals surface area contributed by atoms with E-state index in [0.29, 0.717) is 0 Å². The van der Waals surface area contributed by atoms with Crippen molar-refractivity contribution in [3.05, 3.63) is 53.4 Å². The minimum atomic E-state index is -0.127. The first-order chi connectivity index (χ1) is 13.6. The van der Waals surface area contributed by atoms with Crippen LogP contribution in [-0.2, 0) is 11.3 Å². The molecule has 3 rings (SSSR count).